The summed E-state index contributed by atoms with van der Waals surface area (Å²) in [6, 6.07) is 0. The van der Waals surface area contributed by atoms with Crippen LogP contribution in [0.25, 0.3) is 0 Å². The Morgan fingerprint density at radius 2 is 1.72 bits per heavy atom. The Hall–Kier alpha value is -0.560. The van der Waals surface area contributed by atoms with Gasteiger partial charge in [0, 0.05) is 0 Å². The van der Waals surface area contributed by atoms with E-state index in [4.69, 9.17) is 0 Å². The second-order valence-corrected chi connectivity index (χ2v) is 13.4. The summed E-state index contributed by atoms with van der Waals surface area (Å²) in [6.07, 6.45) is 15.3. The van der Waals surface area contributed by atoms with Crippen molar-refractivity contribution in [1.29, 1.82) is 0 Å². The van der Waals surface area contributed by atoms with Gasteiger partial charge in [-0.2, -0.15) is 0 Å². The Kier molecular flexibility index (Phi) is 6.59. The van der Waals surface area contributed by atoms with Gasteiger partial charge in [-0.3, -0.25) is 0 Å². The molecule has 0 aromatic heterocycles. The summed E-state index contributed by atoms with van der Waals surface area (Å²) in [4.78, 5) is 0. The molecule has 0 bridgehead atoms. The van der Waals surface area contributed by atoms with Gasteiger partial charge in [0.25, 0.3) is 0 Å². The van der Waals surface area contributed by atoms with Crippen LogP contribution in [0.15, 0.2) is 22.8 Å². The van der Waals surface area contributed by atoms with E-state index in [-0.39, 0.29) is 6.10 Å². The number of rotatable bonds is 5. The van der Waals surface area contributed by atoms with Crippen LogP contribution in [0, 0.1) is 45.8 Å². The molecule has 182 valence electrons. The summed E-state index contributed by atoms with van der Waals surface area (Å²) in [6.45, 7) is 19.8. The largest absolute Gasteiger partial charge is 0.393 e. The van der Waals surface area contributed by atoms with Gasteiger partial charge in [-0.15, -0.1) is 0 Å². The molecule has 0 aromatic carbocycles. The minimum absolute atomic E-state index is 0.0794. The summed E-state index contributed by atoms with van der Waals surface area (Å²) in [5.41, 5.74) is 6.60. The van der Waals surface area contributed by atoms with Gasteiger partial charge in [0.05, 0.1) is 6.10 Å². The smallest absolute Gasteiger partial charge is 0.0569 e. The molecule has 2 saturated carbocycles. The van der Waals surface area contributed by atoms with E-state index < -0.39 is 0 Å². The number of allylic oxidation sites excluding steroid dienone is 4. The van der Waals surface area contributed by atoms with Crippen LogP contribution < -0.4 is 0 Å². The van der Waals surface area contributed by atoms with Gasteiger partial charge >= 0.3 is 0 Å². The van der Waals surface area contributed by atoms with Gasteiger partial charge in [0.2, 0.25) is 0 Å². The average molecular weight is 441 g/mol. The second-order valence-electron chi connectivity index (χ2n) is 13.4. The molecule has 0 heterocycles. The van der Waals surface area contributed by atoms with Crippen molar-refractivity contribution in [1.82, 2.24) is 0 Å². The lowest BCUT2D eigenvalue weighted by Gasteiger charge is -2.60. The molecule has 0 aliphatic heterocycles. The molecule has 8 atom stereocenters. The molecule has 0 aromatic rings. The lowest BCUT2D eigenvalue weighted by Crippen LogP contribution is -2.51. The van der Waals surface area contributed by atoms with Crippen molar-refractivity contribution in [3.05, 3.63) is 22.8 Å². The fourth-order valence-corrected chi connectivity index (χ4v) is 9.61. The van der Waals surface area contributed by atoms with Gasteiger partial charge in [-0.1, -0.05) is 71.3 Å². The Morgan fingerprint density at radius 3 is 2.38 bits per heavy atom. The summed E-state index contributed by atoms with van der Waals surface area (Å²) < 4.78 is 0. The zero-order valence-electron chi connectivity index (χ0n) is 22.6. The Bertz CT molecular complexity index is 773. The summed E-state index contributed by atoms with van der Waals surface area (Å²) >= 11 is 0. The van der Waals surface area contributed by atoms with E-state index in [0.29, 0.717) is 34.0 Å². The number of hydrogen-bond donors (Lipinski definition) is 1. The molecular weight excluding hydrogens is 388 g/mol. The second kappa shape index (κ2) is 8.58. The van der Waals surface area contributed by atoms with E-state index in [1.165, 1.54) is 57.8 Å². The van der Waals surface area contributed by atoms with Crippen LogP contribution in [0.2, 0.25) is 0 Å². The Labute approximate surface area is 199 Å². The predicted octanol–water partition coefficient (Wildman–Crippen LogP) is 8.73. The topological polar surface area (TPSA) is 20.2 Å². The molecule has 4 aliphatic carbocycles. The Balaban J connectivity index is 1.59. The van der Waals surface area contributed by atoms with Crippen LogP contribution in [0.5, 0.6) is 0 Å². The zero-order valence-corrected chi connectivity index (χ0v) is 22.6. The highest BCUT2D eigenvalue weighted by atomic mass is 16.3. The maximum absolute atomic E-state index is 10.6. The zero-order chi connectivity index (χ0) is 23.5. The molecule has 32 heavy (non-hydrogen) atoms. The van der Waals surface area contributed by atoms with Gasteiger partial charge in [0.1, 0.15) is 0 Å². The lowest BCUT2D eigenvalue weighted by molar-refractivity contribution is -0.0413. The molecule has 2 fully saturated rings. The molecule has 4 rings (SSSR count). The van der Waals surface area contributed by atoms with Crippen molar-refractivity contribution >= 4 is 0 Å². The molecule has 1 heteroatoms. The third kappa shape index (κ3) is 3.50. The summed E-state index contributed by atoms with van der Waals surface area (Å²) in [5.74, 6) is 3.51. The van der Waals surface area contributed by atoms with Gasteiger partial charge in [-0.25, -0.2) is 0 Å². The highest BCUT2D eigenvalue weighted by Gasteiger charge is 2.62. The minimum atomic E-state index is -0.0794. The molecule has 0 radical (unpaired) electrons. The van der Waals surface area contributed by atoms with E-state index >= 15 is 0 Å². The van der Waals surface area contributed by atoms with Crippen LogP contribution in [-0.4, -0.2) is 11.2 Å². The van der Waals surface area contributed by atoms with E-state index in [9.17, 15) is 5.11 Å². The minimum Gasteiger partial charge on any atom is -0.393 e. The number of aliphatic hydroxyl groups excluding tert-OH is 1. The highest BCUT2D eigenvalue weighted by molar-refractivity contribution is 5.38. The van der Waals surface area contributed by atoms with E-state index in [2.05, 4.69) is 61.5 Å². The quantitative estimate of drug-likeness (QED) is 0.424. The fourth-order valence-electron chi connectivity index (χ4n) is 9.61. The first-order chi connectivity index (χ1) is 15.0. The third-order valence-electron chi connectivity index (χ3n) is 12.1. The monoisotopic (exact) mass is 440 g/mol. The Morgan fingerprint density at radius 1 is 1.00 bits per heavy atom. The lowest BCUT2D eigenvalue weighted by atomic mass is 9.45. The average Bonchev–Trinajstić information content (AvgIpc) is 3.02. The molecule has 0 unspecified atom stereocenters. The van der Waals surface area contributed by atoms with Crippen LogP contribution in [0.3, 0.4) is 0 Å². The van der Waals surface area contributed by atoms with Crippen LogP contribution >= 0.6 is 0 Å². The van der Waals surface area contributed by atoms with Crippen LogP contribution in [0.1, 0.15) is 120 Å². The van der Waals surface area contributed by atoms with E-state index in [1.807, 2.05) is 11.1 Å². The predicted molar refractivity (Wildman–Crippen MR) is 137 cm³/mol. The van der Waals surface area contributed by atoms with Crippen molar-refractivity contribution in [3.8, 4) is 0 Å². The molecular formula is C31H52O. The first kappa shape index (κ1) is 24.6. The molecule has 1 N–H and O–H groups in total. The van der Waals surface area contributed by atoms with Crippen LogP contribution in [0.4, 0.5) is 0 Å². The van der Waals surface area contributed by atoms with Crippen molar-refractivity contribution in [2.24, 2.45) is 45.8 Å². The number of hydrogen-bond acceptors (Lipinski definition) is 1. The standard InChI is InChI=1S/C31H52O/c1-9-23(20(2)3)11-10-21(4)24-14-18-31(8)27-13-12-25-22(5)28(32)16-17-29(25,6)26(27)15-19-30(24,31)7/h9,20-22,24-25,28,32H,10-19H2,1-8H3/b23-9-/t21-,22+,24-,25+,28+,29+,30-,31+/m1/s1. The molecule has 0 amide bonds. The number of fused-ring (bicyclic) bond motifs is 4. The molecule has 1 nitrogen and oxygen atoms in total. The maximum atomic E-state index is 10.6. The van der Waals surface area contributed by atoms with E-state index in [0.717, 1.165) is 18.3 Å². The first-order valence-electron chi connectivity index (χ1n) is 14.1. The van der Waals surface area contributed by atoms with E-state index in [1.54, 1.807) is 5.57 Å². The molecule has 0 saturated heterocycles. The summed E-state index contributed by atoms with van der Waals surface area (Å²) in [7, 11) is 0. The third-order valence-corrected chi connectivity index (χ3v) is 12.1. The first-order valence-corrected chi connectivity index (χ1v) is 14.1. The molecule has 4 aliphatic rings. The van der Waals surface area contributed by atoms with Gasteiger partial charge in [0.15, 0.2) is 0 Å². The highest BCUT2D eigenvalue weighted by Crippen LogP contribution is 2.71. The van der Waals surface area contributed by atoms with Crippen molar-refractivity contribution in [3.63, 3.8) is 0 Å². The van der Waals surface area contributed by atoms with Gasteiger partial charge < -0.3 is 5.11 Å². The maximum Gasteiger partial charge on any atom is 0.0569 e. The SMILES string of the molecule is C/C=C(/CC[C@@H](C)[C@H]1CC[C@@]2(C)C3=C(CC[C@]12C)[C@@]1(C)CC[C@H](O)[C@@H](C)[C@@H]1CC3)C(C)C. The molecule has 0 spiro atoms. The summed E-state index contributed by atoms with van der Waals surface area (Å²) in [5, 5.41) is 10.6. The fraction of sp³-hybridized carbons (Fsp3) is 0.871. The normalized spacial score (nSPS) is 45.5. The van der Waals surface area contributed by atoms with Crippen molar-refractivity contribution in [2.45, 2.75) is 126 Å². The number of aliphatic hydroxyl groups is 1. The van der Waals surface area contributed by atoms with Crippen LogP contribution in [-0.2, 0) is 0 Å². The van der Waals surface area contributed by atoms with Crippen molar-refractivity contribution < 1.29 is 5.11 Å². The van der Waals surface area contributed by atoms with Crippen molar-refractivity contribution in [2.75, 3.05) is 0 Å². The van der Waals surface area contributed by atoms with Gasteiger partial charge in [-0.05, 0) is 117 Å².